The lowest BCUT2D eigenvalue weighted by Gasteiger charge is -2.11. The second-order valence-corrected chi connectivity index (χ2v) is 6.64. The van der Waals surface area contributed by atoms with E-state index in [9.17, 15) is 4.79 Å². The van der Waals surface area contributed by atoms with Gasteiger partial charge in [0.2, 0.25) is 5.95 Å². The first-order valence-corrected chi connectivity index (χ1v) is 9.06. The van der Waals surface area contributed by atoms with Crippen molar-refractivity contribution in [3.63, 3.8) is 0 Å². The summed E-state index contributed by atoms with van der Waals surface area (Å²) in [5.41, 5.74) is 5.05. The second kappa shape index (κ2) is 8.52. The molecule has 1 aromatic heterocycles. The Balaban J connectivity index is 1.75. The van der Waals surface area contributed by atoms with E-state index in [2.05, 4.69) is 20.6 Å². The smallest absolute Gasteiger partial charge is 0.274 e. The third kappa shape index (κ3) is 4.65. The number of aryl methyl sites for hydroxylation is 3. The summed E-state index contributed by atoms with van der Waals surface area (Å²) in [7, 11) is 1.64. The molecule has 0 atom stereocenters. The van der Waals surface area contributed by atoms with E-state index in [-0.39, 0.29) is 5.91 Å². The summed E-state index contributed by atoms with van der Waals surface area (Å²) in [5, 5.41) is 6.07. The fourth-order valence-electron chi connectivity index (χ4n) is 2.80. The molecule has 0 aliphatic carbocycles. The first kappa shape index (κ1) is 19.4. The Morgan fingerprint density at radius 3 is 2.54 bits per heavy atom. The van der Waals surface area contributed by atoms with Crippen molar-refractivity contribution in [1.82, 2.24) is 9.97 Å². The Morgan fingerprint density at radius 2 is 1.79 bits per heavy atom. The number of ether oxygens (including phenoxy) is 1. The number of methoxy groups -OCH3 is 1. The number of amides is 1. The highest BCUT2D eigenvalue weighted by molar-refractivity contribution is 6.03. The summed E-state index contributed by atoms with van der Waals surface area (Å²) < 4.78 is 5.36. The Morgan fingerprint density at radius 1 is 1.00 bits per heavy atom. The minimum absolute atomic E-state index is 0.269. The van der Waals surface area contributed by atoms with Crippen LogP contribution < -0.4 is 15.4 Å². The highest BCUT2D eigenvalue weighted by Crippen LogP contribution is 2.19. The average molecular weight is 376 g/mol. The van der Waals surface area contributed by atoms with Gasteiger partial charge in [-0.25, -0.2) is 9.97 Å². The first-order valence-electron chi connectivity index (χ1n) is 9.06. The van der Waals surface area contributed by atoms with Crippen LogP contribution in [0.15, 0.2) is 48.5 Å². The van der Waals surface area contributed by atoms with Gasteiger partial charge in [-0.15, -0.1) is 0 Å². The van der Waals surface area contributed by atoms with Gasteiger partial charge in [0.15, 0.2) is 0 Å². The largest absolute Gasteiger partial charge is 0.496 e. The predicted molar refractivity (Wildman–Crippen MR) is 111 cm³/mol. The van der Waals surface area contributed by atoms with Gasteiger partial charge in [-0.05, 0) is 56.2 Å². The highest BCUT2D eigenvalue weighted by atomic mass is 16.5. The topological polar surface area (TPSA) is 76.1 Å². The van der Waals surface area contributed by atoms with Crippen molar-refractivity contribution < 1.29 is 9.53 Å². The van der Waals surface area contributed by atoms with Crippen LogP contribution in [0, 0.1) is 20.8 Å². The maximum atomic E-state index is 12.6. The second-order valence-electron chi connectivity index (χ2n) is 6.64. The zero-order valence-electron chi connectivity index (χ0n) is 16.5. The van der Waals surface area contributed by atoms with Gasteiger partial charge in [0.05, 0.1) is 7.11 Å². The van der Waals surface area contributed by atoms with Gasteiger partial charge in [-0.2, -0.15) is 0 Å². The zero-order valence-corrected chi connectivity index (χ0v) is 16.5. The molecule has 2 N–H and O–H groups in total. The minimum Gasteiger partial charge on any atom is -0.496 e. The molecule has 144 valence electrons. The number of aromatic nitrogens is 2. The van der Waals surface area contributed by atoms with Gasteiger partial charge in [-0.1, -0.05) is 24.3 Å². The van der Waals surface area contributed by atoms with Gasteiger partial charge >= 0.3 is 0 Å². The van der Waals surface area contributed by atoms with E-state index in [1.165, 1.54) is 5.56 Å². The Kier molecular flexibility index (Phi) is 5.89. The van der Waals surface area contributed by atoms with E-state index in [0.29, 0.717) is 23.9 Å². The van der Waals surface area contributed by atoms with E-state index in [0.717, 1.165) is 22.6 Å². The van der Waals surface area contributed by atoms with Gasteiger partial charge in [0, 0.05) is 23.5 Å². The van der Waals surface area contributed by atoms with Crippen LogP contribution >= 0.6 is 0 Å². The van der Waals surface area contributed by atoms with E-state index >= 15 is 0 Å². The molecule has 2 aromatic carbocycles. The lowest BCUT2D eigenvalue weighted by atomic mass is 10.1. The number of para-hydroxylation sites is 1. The molecule has 3 rings (SSSR count). The maximum absolute atomic E-state index is 12.6. The molecule has 0 saturated heterocycles. The summed E-state index contributed by atoms with van der Waals surface area (Å²) in [6.45, 7) is 6.38. The summed E-state index contributed by atoms with van der Waals surface area (Å²) in [6, 6.07) is 15.2. The molecule has 0 spiro atoms. The van der Waals surface area contributed by atoms with Crippen LogP contribution in [0.1, 0.15) is 32.9 Å². The molecule has 0 bridgehead atoms. The molecular weight excluding hydrogens is 352 g/mol. The number of benzene rings is 2. The molecule has 0 unspecified atom stereocenters. The number of anilines is 2. The molecule has 1 heterocycles. The van der Waals surface area contributed by atoms with Gasteiger partial charge in [-0.3, -0.25) is 4.79 Å². The summed E-state index contributed by atoms with van der Waals surface area (Å²) in [6.07, 6.45) is 0. The number of nitrogens with one attached hydrogen (secondary N) is 2. The molecule has 0 fully saturated rings. The lowest BCUT2D eigenvalue weighted by molar-refractivity contribution is 0.102. The van der Waals surface area contributed by atoms with Crippen molar-refractivity contribution in [2.24, 2.45) is 0 Å². The zero-order chi connectivity index (χ0) is 20.1. The molecule has 1 amide bonds. The van der Waals surface area contributed by atoms with Crippen LogP contribution in [0.3, 0.4) is 0 Å². The molecule has 0 saturated carbocycles. The molecule has 0 aliphatic rings. The molecule has 3 aromatic rings. The lowest BCUT2D eigenvalue weighted by Crippen LogP contribution is -2.16. The van der Waals surface area contributed by atoms with Gasteiger partial charge in [0.25, 0.3) is 5.91 Å². The fourth-order valence-corrected chi connectivity index (χ4v) is 2.80. The van der Waals surface area contributed by atoms with Crippen LogP contribution in [-0.2, 0) is 6.54 Å². The quantitative estimate of drug-likeness (QED) is 0.672. The first-order chi connectivity index (χ1) is 13.5. The van der Waals surface area contributed by atoms with Crippen molar-refractivity contribution in [3.8, 4) is 5.75 Å². The van der Waals surface area contributed by atoms with Crippen LogP contribution in [0.4, 0.5) is 11.6 Å². The number of hydrogen-bond acceptors (Lipinski definition) is 5. The standard InChI is InChI=1S/C22H24N4O2/c1-14-9-10-18(11-15(14)2)25-21(27)19-12-16(3)24-22(26-19)23-13-17-7-5-6-8-20(17)28-4/h5-12H,13H2,1-4H3,(H,25,27)(H,23,24,26). The van der Waals surface area contributed by atoms with Crippen molar-refractivity contribution >= 4 is 17.5 Å². The van der Waals surface area contributed by atoms with Crippen LogP contribution in [0.2, 0.25) is 0 Å². The molecule has 0 radical (unpaired) electrons. The Bertz CT molecular complexity index is 1000. The van der Waals surface area contributed by atoms with Crippen molar-refractivity contribution in [2.45, 2.75) is 27.3 Å². The van der Waals surface area contributed by atoms with Crippen LogP contribution in [0.25, 0.3) is 0 Å². The average Bonchev–Trinajstić information content (AvgIpc) is 2.69. The predicted octanol–water partition coefficient (Wildman–Crippen LogP) is 4.27. The number of hydrogen-bond donors (Lipinski definition) is 2. The number of rotatable bonds is 6. The summed E-state index contributed by atoms with van der Waals surface area (Å²) in [4.78, 5) is 21.4. The summed E-state index contributed by atoms with van der Waals surface area (Å²) in [5.74, 6) is 0.917. The van der Waals surface area contributed by atoms with Crippen LogP contribution in [-0.4, -0.2) is 23.0 Å². The Labute approximate surface area is 165 Å². The van der Waals surface area contributed by atoms with Gasteiger partial charge < -0.3 is 15.4 Å². The van der Waals surface area contributed by atoms with Crippen LogP contribution in [0.5, 0.6) is 5.75 Å². The number of nitrogens with zero attached hydrogens (tertiary/aromatic N) is 2. The SMILES string of the molecule is COc1ccccc1CNc1nc(C)cc(C(=O)Nc2ccc(C)c(C)c2)n1. The van der Waals surface area contributed by atoms with E-state index in [4.69, 9.17) is 4.74 Å². The van der Waals surface area contributed by atoms with E-state index in [1.54, 1.807) is 13.2 Å². The van der Waals surface area contributed by atoms with E-state index < -0.39 is 0 Å². The fraction of sp³-hybridized carbons (Fsp3) is 0.227. The number of carbonyl (C=O) groups excluding carboxylic acids is 1. The molecule has 28 heavy (non-hydrogen) atoms. The van der Waals surface area contributed by atoms with Crippen molar-refractivity contribution in [2.75, 3.05) is 17.7 Å². The van der Waals surface area contributed by atoms with E-state index in [1.807, 2.05) is 63.2 Å². The molecular formula is C22H24N4O2. The van der Waals surface area contributed by atoms with Gasteiger partial charge in [0.1, 0.15) is 11.4 Å². The third-order valence-electron chi connectivity index (χ3n) is 4.48. The molecule has 6 heteroatoms. The highest BCUT2D eigenvalue weighted by Gasteiger charge is 2.12. The molecule has 6 nitrogen and oxygen atoms in total. The Hall–Kier alpha value is -3.41. The summed E-state index contributed by atoms with van der Waals surface area (Å²) >= 11 is 0. The van der Waals surface area contributed by atoms with Crippen molar-refractivity contribution in [3.05, 3.63) is 76.6 Å². The minimum atomic E-state index is -0.269. The number of carbonyl (C=O) groups is 1. The third-order valence-corrected chi connectivity index (χ3v) is 4.48. The normalized spacial score (nSPS) is 10.4. The molecule has 0 aliphatic heterocycles. The maximum Gasteiger partial charge on any atom is 0.274 e. The van der Waals surface area contributed by atoms with Crippen molar-refractivity contribution in [1.29, 1.82) is 0 Å². The monoisotopic (exact) mass is 376 g/mol.